The van der Waals surface area contributed by atoms with Crippen LogP contribution in [-0.2, 0) is 9.59 Å². The predicted octanol–water partition coefficient (Wildman–Crippen LogP) is 2.95. The highest BCUT2D eigenvalue weighted by atomic mass is 35.5. The summed E-state index contributed by atoms with van der Waals surface area (Å²) in [5.41, 5.74) is 0.482. The van der Waals surface area contributed by atoms with Gasteiger partial charge in [-0.25, -0.2) is 4.79 Å². The van der Waals surface area contributed by atoms with Crippen molar-refractivity contribution in [3.8, 4) is 5.75 Å². The number of carbonyl (C=O) groups excluding carboxylic acids is 3. The number of imide groups is 2. The van der Waals surface area contributed by atoms with Crippen molar-refractivity contribution in [3.63, 3.8) is 0 Å². The second kappa shape index (κ2) is 7.05. The Hall–Kier alpha value is -2.34. The number of urea groups is 1. The van der Waals surface area contributed by atoms with Crippen LogP contribution in [-0.4, -0.2) is 47.8 Å². The summed E-state index contributed by atoms with van der Waals surface area (Å²) < 4.78 is 5.68. The first-order chi connectivity index (χ1) is 11.3. The van der Waals surface area contributed by atoms with E-state index in [9.17, 15) is 14.4 Å². The zero-order valence-corrected chi connectivity index (χ0v) is 14.8. The minimum Gasteiger partial charge on any atom is -0.489 e. The fourth-order valence-corrected chi connectivity index (χ4v) is 2.38. The van der Waals surface area contributed by atoms with Gasteiger partial charge in [-0.3, -0.25) is 19.4 Å². The average molecular weight is 351 g/mol. The molecule has 0 aromatic heterocycles. The fraction of sp³-hybridized carbons (Fsp3) is 0.353. The maximum Gasteiger partial charge on any atom is 0.333 e. The van der Waals surface area contributed by atoms with Crippen LogP contribution >= 0.6 is 11.6 Å². The molecule has 1 saturated heterocycles. The fourth-order valence-electron chi connectivity index (χ4n) is 2.14. The lowest BCUT2D eigenvalue weighted by molar-refractivity contribution is -0.134. The van der Waals surface area contributed by atoms with E-state index < -0.39 is 17.8 Å². The molecular weight excluding hydrogens is 332 g/mol. The van der Waals surface area contributed by atoms with Crippen molar-refractivity contribution in [2.75, 3.05) is 14.1 Å². The number of hydrogen-bond donors (Lipinski definition) is 0. The Morgan fingerprint density at radius 2 is 1.75 bits per heavy atom. The van der Waals surface area contributed by atoms with Crippen LogP contribution in [0, 0.1) is 0 Å². The number of barbiturate groups is 1. The van der Waals surface area contributed by atoms with Gasteiger partial charge in [0.25, 0.3) is 11.8 Å². The number of benzene rings is 1. The number of amides is 4. The molecule has 2 rings (SSSR count). The highest BCUT2D eigenvalue weighted by molar-refractivity contribution is 6.32. The van der Waals surface area contributed by atoms with Crippen LogP contribution in [0.15, 0.2) is 23.8 Å². The molecule has 1 fully saturated rings. The zero-order valence-electron chi connectivity index (χ0n) is 14.0. The predicted molar refractivity (Wildman–Crippen MR) is 90.7 cm³/mol. The molecule has 1 aromatic carbocycles. The SMILES string of the molecule is CC[C@H](C)Oc1ccc(C=C2C(=O)N(C)C(=O)N(C)C2=O)cc1Cl. The molecule has 0 bridgehead atoms. The van der Waals surface area contributed by atoms with E-state index in [1.54, 1.807) is 18.2 Å². The maximum absolute atomic E-state index is 12.2. The highest BCUT2D eigenvalue weighted by Gasteiger charge is 2.37. The number of carbonyl (C=O) groups is 3. The van der Waals surface area contributed by atoms with Gasteiger partial charge >= 0.3 is 6.03 Å². The van der Waals surface area contributed by atoms with Crippen molar-refractivity contribution in [2.45, 2.75) is 26.4 Å². The summed E-state index contributed by atoms with van der Waals surface area (Å²) in [6, 6.07) is 4.35. The number of halogens is 1. The van der Waals surface area contributed by atoms with Crippen LogP contribution in [0.4, 0.5) is 4.79 Å². The third-order valence-electron chi connectivity index (χ3n) is 3.81. The molecular formula is C17H19ClN2O4. The minimum atomic E-state index is -0.655. The molecule has 1 heterocycles. The number of ether oxygens (including phenoxy) is 1. The van der Waals surface area contributed by atoms with Gasteiger partial charge in [-0.1, -0.05) is 24.6 Å². The Kier molecular flexibility index (Phi) is 5.29. The first kappa shape index (κ1) is 18.0. The second-order valence-corrected chi connectivity index (χ2v) is 6.00. The van der Waals surface area contributed by atoms with Crippen LogP contribution in [0.1, 0.15) is 25.8 Å². The summed E-state index contributed by atoms with van der Waals surface area (Å²) in [7, 11) is 2.66. The lowest BCUT2D eigenvalue weighted by Crippen LogP contribution is -2.52. The Bertz CT molecular complexity index is 703. The Labute approximate surface area is 145 Å². The normalized spacial score (nSPS) is 16.5. The standard InChI is InChI=1S/C17H19ClN2O4/c1-5-10(2)24-14-7-6-11(9-13(14)18)8-12-15(21)19(3)17(23)20(4)16(12)22/h6-10H,5H2,1-4H3/t10-/m0/s1. The molecule has 24 heavy (non-hydrogen) atoms. The number of likely N-dealkylation sites (N-methyl/N-ethyl adjacent to an activating group) is 2. The van der Waals surface area contributed by atoms with Crippen molar-refractivity contribution >= 4 is 35.5 Å². The van der Waals surface area contributed by atoms with Crippen molar-refractivity contribution < 1.29 is 19.1 Å². The zero-order chi connectivity index (χ0) is 18.0. The van der Waals surface area contributed by atoms with Gasteiger partial charge in [-0.05, 0) is 37.1 Å². The topological polar surface area (TPSA) is 66.9 Å². The van der Waals surface area contributed by atoms with Crippen LogP contribution < -0.4 is 4.74 Å². The number of rotatable bonds is 4. The Morgan fingerprint density at radius 3 is 2.25 bits per heavy atom. The van der Waals surface area contributed by atoms with Gasteiger partial charge in [0.1, 0.15) is 11.3 Å². The Morgan fingerprint density at radius 1 is 1.17 bits per heavy atom. The van der Waals surface area contributed by atoms with E-state index in [0.717, 1.165) is 16.2 Å². The molecule has 0 N–H and O–H groups in total. The molecule has 4 amide bonds. The van der Waals surface area contributed by atoms with Crippen LogP contribution in [0.25, 0.3) is 6.08 Å². The molecule has 1 aliphatic rings. The largest absolute Gasteiger partial charge is 0.489 e. The van der Waals surface area contributed by atoms with Crippen molar-refractivity contribution in [3.05, 3.63) is 34.4 Å². The third-order valence-corrected chi connectivity index (χ3v) is 4.11. The van der Waals surface area contributed by atoms with Gasteiger partial charge in [-0.2, -0.15) is 0 Å². The summed E-state index contributed by atoms with van der Waals surface area (Å²) in [4.78, 5) is 37.8. The van der Waals surface area contributed by atoms with Gasteiger partial charge in [0.2, 0.25) is 0 Å². The number of hydrogen-bond acceptors (Lipinski definition) is 4. The molecule has 128 valence electrons. The summed E-state index contributed by atoms with van der Waals surface area (Å²) in [5, 5.41) is 0.387. The molecule has 0 unspecified atom stereocenters. The van der Waals surface area contributed by atoms with Gasteiger partial charge in [-0.15, -0.1) is 0 Å². The van der Waals surface area contributed by atoms with E-state index >= 15 is 0 Å². The lowest BCUT2D eigenvalue weighted by atomic mass is 10.1. The first-order valence-corrected chi connectivity index (χ1v) is 7.92. The lowest BCUT2D eigenvalue weighted by Gasteiger charge is -2.28. The van der Waals surface area contributed by atoms with Crippen LogP contribution in [0.3, 0.4) is 0 Å². The Balaban J connectivity index is 2.33. The molecule has 0 saturated carbocycles. The van der Waals surface area contributed by atoms with Gasteiger partial charge < -0.3 is 4.74 Å². The molecule has 1 atom stereocenters. The monoisotopic (exact) mass is 350 g/mol. The summed E-state index contributed by atoms with van der Waals surface area (Å²) in [6.45, 7) is 3.94. The van der Waals surface area contributed by atoms with E-state index in [-0.39, 0.29) is 11.7 Å². The maximum atomic E-state index is 12.2. The third kappa shape index (κ3) is 3.43. The second-order valence-electron chi connectivity index (χ2n) is 5.60. The molecule has 0 spiro atoms. The molecule has 0 radical (unpaired) electrons. The minimum absolute atomic E-state index is 0.0292. The highest BCUT2D eigenvalue weighted by Crippen LogP contribution is 2.28. The smallest absolute Gasteiger partial charge is 0.333 e. The molecule has 1 aliphatic heterocycles. The van der Waals surface area contributed by atoms with E-state index in [2.05, 4.69) is 0 Å². The molecule has 6 nitrogen and oxygen atoms in total. The quantitative estimate of drug-likeness (QED) is 0.618. The molecule has 0 aliphatic carbocycles. The molecule has 7 heteroatoms. The first-order valence-electron chi connectivity index (χ1n) is 7.54. The van der Waals surface area contributed by atoms with E-state index in [1.807, 2.05) is 13.8 Å². The van der Waals surface area contributed by atoms with E-state index in [0.29, 0.717) is 16.3 Å². The van der Waals surface area contributed by atoms with Crippen molar-refractivity contribution in [1.82, 2.24) is 9.80 Å². The number of nitrogens with zero attached hydrogens (tertiary/aromatic N) is 2. The van der Waals surface area contributed by atoms with Gasteiger partial charge in [0.15, 0.2) is 0 Å². The van der Waals surface area contributed by atoms with E-state index in [1.165, 1.54) is 20.2 Å². The summed E-state index contributed by atoms with van der Waals surface area (Å²) in [5.74, 6) is -0.739. The molecule has 1 aromatic rings. The van der Waals surface area contributed by atoms with Crippen molar-refractivity contribution in [2.24, 2.45) is 0 Å². The van der Waals surface area contributed by atoms with Crippen LogP contribution in [0.2, 0.25) is 5.02 Å². The summed E-state index contributed by atoms with van der Waals surface area (Å²) in [6.07, 6.45) is 2.29. The van der Waals surface area contributed by atoms with E-state index in [4.69, 9.17) is 16.3 Å². The van der Waals surface area contributed by atoms with Crippen LogP contribution in [0.5, 0.6) is 5.75 Å². The average Bonchev–Trinajstić information content (AvgIpc) is 2.57. The van der Waals surface area contributed by atoms with Gasteiger partial charge in [0, 0.05) is 14.1 Å². The van der Waals surface area contributed by atoms with Crippen molar-refractivity contribution in [1.29, 1.82) is 0 Å². The van der Waals surface area contributed by atoms with Gasteiger partial charge in [0.05, 0.1) is 11.1 Å². The summed E-state index contributed by atoms with van der Waals surface area (Å²) >= 11 is 6.20.